The normalized spacial score (nSPS) is 17.9. The highest BCUT2D eigenvalue weighted by molar-refractivity contribution is 7.90. The summed E-state index contributed by atoms with van der Waals surface area (Å²) in [7, 11) is -9.07. The predicted octanol–water partition coefficient (Wildman–Crippen LogP) is 11.2. The third-order valence-electron chi connectivity index (χ3n) is 12.9. The Bertz CT molecular complexity index is 3330. The molecule has 3 aromatic carbocycles. The number of nitrogens with zero attached hydrogens (tertiary/aromatic N) is 2. The number of nitrogens with one attached hydrogen (secondary N) is 7. The lowest BCUT2D eigenvalue weighted by molar-refractivity contribution is -0.00541. The van der Waals surface area contributed by atoms with Crippen LogP contribution < -0.4 is 36.0 Å². The van der Waals surface area contributed by atoms with Crippen LogP contribution in [-0.4, -0.2) is 99.2 Å². The lowest BCUT2D eigenvalue weighted by Crippen LogP contribution is -2.45. The Balaban J connectivity index is 1.25. The average molecular weight is 1230 g/mol. The van der Waals surface area contributed by atoms with Crippen molar-refractivity contribution in [2.45, 2.75) is 191 Å². The van der Waals surface area contributed by atoms with E-state index in [4.69, 9.17) is 23.9 Å². The summed E-state index contributed by atoms with van der Waals surface area (Å²) in [5.74, 6) is -1.06. The van der Waals surface area contributed by atoms with E-state index in [1.54, 1.807) is 88.3 Å². The summed E-state index contributed by atoms with van der Waals surface area (Å²) < 4.78 is 104. The van der Waals surface area contributed by atoms with Gasteiger partial charge in [-0.1, -0.05) is 36.4 Å². The molecule has 2 aliphatic rings. The predicted molar refractivity (Wildman–Crippen MR) is 317 cm³/mol. The van der Waals surface area contributed by atoms with Crippen LogP contribution in [0.1, 0.15) is 148 Å². The first-order valence-electron chi connectivity index (χ1n) is 27.6. The van der Waals surface area contributed by atoms with E-state index in [1.807, 2.05) is 30.3 Å². The fraction of sp³-hybridized carbons (Fsp3) is 0.509. The number of thiazole rings is 2. The quantitative estimate of drug-likeness (QED) is 0.0357. The van der Waals surface area contributed by atoms with Crippen molar-refractivity contribution in [1.82, 2.24) is 35.4 Å². The number of sulfonamides is 2. The summed E-state index contributed by atoms with van der Waals surface area (Å²) in [6, 6.07) is 16.7. The Kier molecular flexibility index (Phi) is 21.0. The Labute approximate surface area is 493 Å². The van der Waals surface area contributed by atoms with Crippen LogP contribution in [0.5, 0.6) is 0 Å². The number of hydrogen-bond acceptors (Lipinski definition) is 16. The Hall–Kier alpha value is -6.29. The number of carbonyl (C=O) groups is 4. The van der Waals surface area contributed by atoms with Crippen molar-refractivity contribution in [2.75, 3.05) is 17.2 Å². The number of urea groups is 1. The van der Waals surface area contributed by atoms with Crippen molar-refractivity contribution in [1.29, 1.82) is 0 Å². The molecule has 1 saturated carbocycles. The Morgan fingerprint density at radius 2 is 1.18 bits per heavy atom. The van der Waals surface area contributed by atoms with Crippen molar-refractivity contribution in [2.24, 2.45) is 0 Å². The number of hydrogen-bond donors (Lipinski definition) is 7. The minimum atomic E-state index is -4.69. The standard InChI is InChI=1S/C57H76FN9O12S4/c1-32(2)77-53(69)61-37-19-17-36(18-20-37)50-65-49(58)48(81-50)42-25-22-39(62-54(70)78-33(3)4)28-46(42)83(74,75)67-57(10,11)29-43-47(80-51(64-43)44-26-23-40(31-76-44)63-55(71)79-34(5)6)41-24-21-38(27-45(41)82(72,73)66-56(7,8)9)60-52(68)59-30-35-15-13-12-14-16-35/h12-16,21-22,24-25,27-28,32-34,36-37,40,44,66-67H,17-20,23,26,29-31H2,1-11H3,(H,61,69)(H,62,70)(H,63,71)(H2,59,60,68)/t36?,37?,40-,44+/m1/s1. The topological polar surface area (TPSA) is 283 Å². The number of rotatable bonds is 20. The lowest BCUT2D eigenvalue weighted by Gasteiger charge is -2.28. The number of aromatic nitrogens is 2. The molecule has 0 spiro atoms. The molecule has 1 aliphatic carbocycles. The number of ether oxygens (including phenoxy) is 4. The highest BCUT2D eigenvalue weighted by atomic mass is 32.2. The number of halogens is 1. The fourth-order valence-corrected chi connectivity index (χ4v) is 15.3. The molecule has 1 saturated heterocycles. The summed E-state index contributed by atoms with van der Waals surface area (Å²) in [6.45, 7) is 18.9. The molecule has 0 bridgehead atoms. The maximum absolute atomic E-state index is 16.4. The van der Waals surface area contributed by atoms with Gasteiger partial charge < -0.3 is 40.2 Å². The van der Waals surface area contributed by atoms with Gasteiger partial charge in [0.05, 0.1) is 61.2 Å². The summed E-state index contributed by atoms with van der Waals surface area (Å²) in [6.07, 6.45) is -0.616. The highest BCUT2D eigenvalue weighted by Crippen LogP contribution is 2.44. The van der Waals surface area contributed by atoms with Crippen LogP contribution >= 0.6 is 22.7 Å². The van der Waals surface area contributed by atoms with Crippen LogP contribution in [0.4, 0.5) is 34.9 Å². The van der Waals surface area contributed by atoms with Crippen molar-refractivity contribution in [3.05, 3.63) is 94.0 Å². The van der Waals surface area contributed by atoms with Crippen molar-refractivity contribution in [3.8, 4) is 20.9 Å². The van der Waals surface area contributed by atoms with Crippen LogP contribution in [0.15, 0.2) is 76.5 Å². The molecular weight excluding hydrogens is 1150 g/mol. The smallest absolute Gasteiger partial charge is 0.411 e. The first-order chi connectivity index (χ1) is 38.9. The van der Waals surface area contributed by atoms with Gasteiger partial charge in [-0.2, -0.15) is 4.39 Å². The van der Waals surface area contributed by atoms with Crippen LogP contribution in [0.3, 0.4) is 0 Å². The Morgan fingerprint density at radius 1 is 0.651 bits per heavy atom. The molecule has 0 radical (unpaired) electrons. The van der Waals surface area contributed by atoms with E-state index in [0.717, 1.165) is 28.2 Å². The van der Waals surface area contributed by atoms with Crippen LogP contribution in [0.25, 0.3) is 20.9 Å². The first-order valence-corrected chi connectivity index (χ1v) is 32.2. The van der Waals surface area contributed by atoms with Gasteiger partial charge in [-0.3, -0.25) is 5.32 Å². The maximum Gasteiger partial charge on any atom is 0.411 e. The molecule has 452 valence electrons. The van der Waals surface area contributed by atoms with E-state index in [-0.39, 0.29) is 87.0 Å². The molecule has 26 heteroatoms. The Morgan fingerprint density at radius 3 is 1.75 bits per heavy atom. The molecule has 5 amide bonds. The van der Waals surface area contributed by atoms with Crippen molar-refractivity contribution in [3.63, 3.8) is 0 Å². The average Bonchev–Trinajstić information content (AvgIpc) is 4.19. The van der Waals surface area contributed by atoms with E-state index in [0.29, 0.717) is 59.1 Å². The second kappa shape index (κ2) is 27.2. The SMILES string of the molecule is CC(C)OC(=O)Nc1ccc(-c2sc(C3CCC(NC(=O)OC(C)C)CC3)nc2F)c(S(=O)(=O)NC(C)(C)Cc2nc([C@@H]3CC[C@@H](NC(=O)OC(C)C)CO3)sc2-c2ccc(NC(=O)NCc3ccccc3)cc2S(=O)(=O)NC(C)(C)C)c1. The molecular formula is C57H76FN9O12S4. The van der Waals surface area contributed by atoms with E-state index >= 15 is 12.8 Å². The lowest BCUT2D eigenvalue weighted by atomic mass is 9.86. The number of anilines is 2. The molecule has 21 nitrogen and oxygen atoms in total. The highest BCUT2D eigenvalue weighted by Gasteiger charge is 2.37. The second-order valence-electron chi connectivity index (χ2n) is 23.2. The van der Waals surface area contributed by atoms with Crippen molar-refractivity contribution >= 4 is 78.4 Å². The summed E-state index contributed by atoms with van der Waals surface area (Å²) in [4.78, 5) is 60.1. The zero-order chi connectivity index (χ0) is 60.6. The van der Waals surface area contributed by atoms with Gasteiger partial charge in [0.15, 0.2) is 0 Å². The van der Waals surface area contributed by atoms with Crippen LogP contribution in [0, 0.1) is 5.95 Å². The second-order valence-corrected chi connectivity index (χ2v) is 28.5. The van der Waals surface area contributed by atoms with Gasteiger partial charge in [-0.15, -0.1) is 22.7 Å². The van der Waals surface area contributed by atoms with Gasteiger partial charge in [-0.05, 0) is 151 Å². The molecule has 2 atom stereocenters. The van der Waals surface area contributed by atoms with E-state index < -0.39 is 73.6 Å². The minimum Gasteiger partial charge on any atom is -0.447 e. The zero-order valence-electron chi connectivity index (χ0n) is 48.6. The molecule has 3 heterocycles. The third kappa shape index (κ3) is 18.4. The molecule has 0 unspecified atom stereocenters. The summed E-state index contributed by atoms with van der Waals surface area (Å²) in [5.41, 5.74) is -0.871. The van der Waals surface area contributed by atoms with Gasteiger partial charge >= 0.3 is 24.3 Å². The number of alkyl carbamates (subject to hydrolysis) is 2. The molecule has 7 rings (SSSR count). The first kappa shape index (κ1) is 64.3. The fourth-order valence-electron chi connectivity index (χ4n) is 9.54. The number of carbonyl (C=O) groups excluding carboxylic acids is 4. The molecule has 5 aromatic rings. The monoisotopic (exact) mass is 1230 g/mol. The van der Waals surface area contributed by atoms with E-state index in [2.05, 4.69) is 41.0 Å². The van der Waals surface area contributed by atoms with Crippen LogP contribution in [0.2, 0.25) is 0 Å². The maximum atomic E-state index is 16.4. The van der Waals surface area contributed by atoms with Gasteiger partial charge in [0.1, 0.15) is 11.1 Å². The number of benzene rings is 3. The van der Waals surface area contributed by atoms with E-state index in [9.17, 15) is 27.6 Å². The molecule has 83 heavy (non-hydrogen) atoms. The third-order valence-corrected chi connectivity index (χ3v) is 18.9. The summed E-state index contributed by atoms with van der Waals surface area (Å²) >= 11 is 2.19. The van der Waals surface area contributed by atoms with Gasteiger partial charge in [0.25, 0.3) is 0 Å². The minimum absolute atomic E-state index is 0.0240. The van der Waals surface area contributed by atoms with Gasteiger partial charge in [0, 0.05) is 58.5 Å². The zero-order valence-corrected chi connectivity index (χ0v) is 51.8. The van der Waals surface area contributed by atoms with Gasteiger partial charge in [-0.25, -0.2) is 55.4 Å². The van der Waals surface area contributed by atoms with Gasteiger partial charge in [0.2, 0.25) is 26.0 Å². The van der Waals surface area contributed by atoms with Crippen molar-refractivity contribution < 1.29 is 59.4 Å². The largest absolute Gasteiger partial charge is 0.447 e. The molecule has 2 fully saturated rings. The van der Waals surface area contributed by atoms with Crippen LogP contribution in [-0.2, 0) is 52.0 Å². The summed E-state index contributed by atoms with van der Waals surface area (Å²) in [5, 5.41) is 14.8. The number of amides is 5. The molecule has 7 N–H and O–H groups in total. The van der Waals surface area contributed by atoms with E-state index in [1.165, 1.54) is 24.3 Å². The molecule has 2 aromatic heterocycles. The molecule has 1 aliphatic heterocycles.